The Balaban J connectivity index is 0.00000225. The minimum atomic E-state index is -0.0777. The molecular weight excluding hydrogens is 319 g/mol. The third-order valence-electron chi connectivity index (χ3n) is 1.92. The summed E-state index contributed by atoms with van der Waals surface area (Å²) in [6, 6.07) is 0. The van der Waals surface area contributed by atoms with E-state index in [1.54, 1.807) is 13.4 Å². The number of guanidine groups is 1. The second kappa shape index (κ2) is 6.02. The van der Waals surface area contributed by atoms with Crippen LogP contribution in [0.15, 0.2) is 11.3 Å². The smallest absolute Gasteiger partial charge is 0.188 e. The molecule has 0 unspecified atom stereocenters. The summed E-state index contributed by atoms with van der Waals surface area (Å²) in [4.78, 5) is 7.97. The number of nitrogens with two attached hydrogens (primary N) is 1. The number of aromatic nitrogens is 3. The summed E-state index contributed by atoms with van der Waals surface area (Å²) in [5, 5.41) is 7.13. The van der Waals surface area contributed by atoms with Crippen molar-refractivity contribution in [2.75, 3.05) is 7.05 Å². The third kappa shape index (κ3) is 3.95. The van der Waals surface area contributed by atoms with Crippen molar-refractivity contribution in [2.45, 2.75) is 32.9 Å². The molecule has 0 atom stereocenters. The van der Waals surface area contributed by atoms with E-state index in [2.05, 4.69) is 41.2 Å². The zero-order chi connectivity index (χ0) is 11.5. The first-order chi connectivity index (χ1) is 6.95. The van der Waals surface area contributed by atoms with Gasteiger partial charge in [0.25, 0.3) is 0 Å². The lowest BCUT2D eigenvalue weighted by Gasteiger charge is -2.21. The highest BCUT2D eigenvalue weighted by atomic mass is 127. The molecule has 0 aliphatic rings. The molecule has 0 amide bonds. The van der Waals surface area contributed by atoms with Crippen molar-refractivity contribution in [1.29, 1.82) is 0 Å². The van der Waals surface area contributed by atoms with Crippen molar-refractivity contribution in [2.24, 2.45) is 10.7 Å². The van der Waals surface area contributed by atoms with Crippen LogP contribution >= 0.6 is 24.0 Å². The summed E-state index contributed by atoms with van der Waals surface area (Å²) in [6.45, 7) is 6.74. The molecule has 3 N–H and O–H groups in total. The lowest BCUT2D eigenvalue weighted by Crippen LogP contribution is -2.34. The molecule has 16 heavy (non-hydrogen) atoms. The molecule has 6 nitrogen and oxygen atoms in total. The SMILES string of the molecule is CN=C(N)NCc1ncnn1C(C)(C)C.I. The van der Waals surface area contributed by atoms with Gasteiger partial charge in [0.1, 0.15) is 12.2 Å². The molecule has 0 spiro atoms. The highest BCUT2D eigenvalue weighted by molar-refractivity contribution is 14.0. The molecule has 0 aliphatic heterocycles. The van der Waals surface area contributed by atoms with E-state index in [0.29, 0.717) is 12.5 Å². The van der Waals surface area contributed by atoms with Crippen LogP contribution in [0, 0.1) is 0 Å². The molecule has 1 aromatic rings. The topological polar surface area (TPSA) is 81.1 Å². The van der Waals surface area contributed by atoms with Crippen LogP contribution < -0.4 is 11.1 Å². The van der Waals surface area contributed by atoms with Gasteiger partial charge in [0, 0.05) is 7.05 Å². The van der Waals surface area contributed by atoms with Crippen LogP contribution in [0.4, 0.5) is 0 Å². The molecule has 0 aliphatic carbocycles. The van der Waals surface area contributed by atoms with Gasteiger partial charge < -0.3 is 11.1 Å². The van der Waals surface area contributed by atoms with E-state index in [1.807, 2.05) is 4.68 Å². The van der Waals surface area contributed by atoms with E-state index in [-0.39, 0.29) is 29.5 Å². The molecule has 0 fully saturated rings. The molecule has 7 heteroatoms. The fraction of sp³-hybridized carbons (Fsp3) is 0.667. The van der Waals surface area contributed by atoms with Gasteiger partial charge in [-0.15, -0.1) is 24.0 Å². The summed E-state index contributed by atoms with van der Waals surface area (Å²) in [5.74, 6) is 1.24. The molecular formula is C9H19IN6. The van der Waals surface area contributed by atoms with Crippen LogP contribution in [0.25, 0.3) is 0 Å². The lowest BCUT2D eigenvalue weighted by atomic mass is 10.1. The Morgan fingerprint density at radius 1 is 1.56 bits per heavy atom. The summed E-state index contributed by atoms with van der Waals surface area (Å²) < 4.78 is 1.86. The number of aliphatic imine (C=N–C) groups is 1. The Bertz CT molecular complexity index is 351. The monoisotopic (exact) mass is 338 g/mol. The van der Waals surface area contributed by atoms with Gasteiger partial charge in [-0.1, -0.05) is 0 Å². The Kier molecular flexibility index (Phi) is 5.70. The number of rotatable bonds is 2. The van der Waals surface area contributed by atoms with Crippen LogP contribution in [-0.2, 0) is 12.1 Å². The van der Waals surface area contributed by atoms with Gasteiger partial charge in [0.05, 0.1) is 12.1 Å². The largest absolute Gasteiger partial charge is 0.370 e. The maximum Gasteiger partial charge on any atom is 0.188 e. The molecule has 0 saturated carbocycles. The van der Waals surface area contributed by atoms with Crippen molar-refractivity contribution >= 4 is 29.9 Å². The first-order valence-electron chi connectivity index (χ1n) is 4.80. The highest BCUT2D eigenvalue weighted by Crippen LogP contribution is 2.13. The van der Waals surface area contributed by atoms with E-state index in [9.17, 15) is 0 Å². The van der Waals surface area contributed by atoms with Gasteiger partial charge in [0.2, 0.25) is 0 Å². The number of hydrogen-bond acceptors (Lipinski definition) is 3. The average Bonchev–Trinajstić information content (AvgIpc) is 2.61. The fourth-order valence-electron chi connectivity index (χ4n) is 1.20. The number of halogens is 1. The maximum absolute atomic E-state index is 5.53. The van der Waals surface area contributed by atoms with E-state index in [4.69, 9.17) is 5.73 Å². The van der Waals surface area contributed by atoms with Crippen molar-refractivity contribution < 1.29 is 0 Å². The first-order valence-corrected chi connectivity index (χ1v) is 4.80. The quantitative estimate of drug-likeness (QED) is 0.472. The average molecular weight is 338 g/mol. The van der Waals surface area contributed by atoms with Gasteiger partial charge >= 0.3 is 0 Å². The summed E-state index contributed by atoms with van der Waals surface area (Å²) in [6.07, 6.45) is 1.54. The molecule has 92 valence electrons. The summed E-state index contributed by atoms with van der Waals surface area (Å²) in [7, 11) is 1.64. The molecule has 0 radical (unpaired) electrons. The van der Waals surface area contributed by atoms with Gasteiger partial charge in [-0.05, 0) is 20.8 Å². The highest BCUT2D eigenvalue weighted by Gasteiger charge is 2.17. The number of nitrogens with zero attached hydrogens (tertiary/aromatic N) is 4. The van der Waals surface area contributed by atoms with Crippen molar-refractivity contribution in [3.8, 4) is 0 Å². The van der Waals surface area contributed by atoms with E-state index in [0.717, 1.165) is 5.82 Å². The Morgan fingerprint density at radius 2 is 2.19 bits per heavy atom. The number of hydrogen-bond donors (Lipinski definition) is 2. The van der Waals surface area contributed by atoms with Gasteiger partial charge in [0.15, 0.2) is 5.96 Å². The van der Waals surface area contributed by atoms with Gasteiger partial charge in [-0.25, -0.2) is 9.67 Å². The van der Waals surface area contributed by atoms with Crippen LogP contribution in [0.2, 0.25) is 0 Å². The van der Waals surface area contributed by atoms with Crippen LogP contribution in [-0.4, -0.2) is 27.8 Å². The van der Waals surface area contributed by atoms with Crippen molar-refractivity contribution in [1.82, 2.24) is 20.1 Å². The minimum Gasteiger partial charge on any atom is -0.370 e. The van der Waals surface area contributed by atoms with E-state index in [1.165, 1.54) is 0 Å². The lowest BCUT2D eigenvalue weighted by molar-refractivity contribution is 0.340. The summed E-state index contributed by atoms with van der Waals surface area (Å²) >= 11 is 0. The minimum absolute atomic E-state index is 0. The fourth-order valence-corrected chi connectivity index (χ4v) is 1.20. The van der Waals surface area contributed by atoms with Gasteiger partial charge in [-0.3, -0.25) is 4.99 Å². The van der Waals surface area contributed by atoms with Gasteiger partial charge in [-0.2, -0.15) is 5.10 Å². The van der Waals surface area contributed by atoms with Crippen molar-refractivity contribution in [3.63, 3.8) is 0 Å². The maximum atomic E-state index is 5.53. The van der Waals surface area contributed by atoms with E-state index < -0.39 is 0 Å². The van der Waals surface area contributed by atoms with E-state index >= 15 is 0 Å². The Labute approximate surface area is 113 Å². The molecule has 1 rings (SSSR count). The molecule has 0 saturated heterocycles. The summed E-state index contributed by atoms with van der Waals surface area (Å²) in [5.41, 5.74) is 5.45. The Hall–Kier alpha value is -0.860. The van der Waals surface area contributed by atoms with Crippen LogP contribution in [0.5, 0.6) is 0 Å². The standard InChI is InChI=1S/C9H18N6.HI/c1-9(2,3)15-7(13-6-14-15)5-12-8(10)11-4;/h6H,5H2,1-4H3,(H3,10,11,12);1H. The second-order valence-corrected chi connectivity index (χ2v) is 4.22. The predicted octanol–water partition coefficient (Wildman–Crippen LogP) is 0.685. The molecule has 1 aromatic heterocycles. The molecule has 0 bridgehead atoms. The molecule has 1 heterocycles. The predicted molar refractivity (Wildman–Crippen MR) is 74.8 cm³/mol. The van der Waals surface area contributed by atoms with Crippen LogP contribution in [0.3, 0.4) is 0 Å². The molecule has 0 aromatic carbocycles. The third-order valence-corrected chi connectivity index (χ3v) is 1.92. The first kappa shape index (κ1) is 15.1. The zero-order valence-electron chi connectivity index (χ0n) is 10.1. The Morgan fingerprint density at radius 3 is 2.69 bits per heavy atom. The zero-order valence-corrected chi connectivity index (χ0v) is 12.4. The second-order valence-electron chi connectivity index (χ2n) is 4.22. The normalized spacial score (nSPS) is 12.1. The van der Waals surface area contributed by atoms with Crippen molar-refractivity contribution in [3.05, 3.63) is 12.2 Å². The van der Waals surface area contributed by atoms with Crippen LogP contribution in [0.1, 0.15) is 26.6 Å². The number of nitrogens with one attached hydrogen (secondary N) is 1.